The number of aromatic carboxylic acids is 1. The Hall–Kier alpha value is -2.08. The summed E-state index contributed by atoms with van der Waals surface area (Å²) in [7, 11) is 0. The first-order valence-corrected chi connectivity index (χ1v) is 5.80. The molecule has 1 N–H and O–H groups in total. The van der Waals surface area contributed by atoms with E-state index >= 15 is 0 Å². The molecule has 6 nitrogen and oxygen atoms in total. The molecule has 0 radical (unpaired) electrons. The van der Waals surface area contributed by atoms with Crippen molar-refractivity contribution in [2.45, 2.75) is 0 Å². The lowest BCUT2D eigenvalue weighted by Gasteiger charge is -2.29. The molecule has 3 rings (SSSR count). The van der Waals surface area contributed by atoms with Crippen LogP contribution < -0.4 is 5.01 Å². The number of aromatic nitrogens is 2. The van der Waals surface area contributed by atoms with Crippen LogP contribution in [0.5, 0.6) is 0 Å². The smallest absolute Gasteiger partial charge is 0.337 e. The molecule has 0 bridgehead atoms. The quantitative estimate of drug-likeness (QED) is 0.846. The van der Waals surface area contributed by atoms with Crippen LogP contribution in [0.25, 0.3) is 11.0 Å². The lowest BCUT2D eigenvalue weighted by Crippen LogP contribution is -2.43. The van der Waals surface area contributed by atoms with E-state index in [0.717, 1.165) is 18.6 Å². The Balaban J connectivity index is 2.08. The van der Waals surface area contributed by atoms with Crippen molar-refractivity contribution >= 4 is 17.0 Å². The number of hydrogen-bond acceptors (Lipinski definition) is 4. The van der Waals surface area contributed by atoms with Crippen molar-refractivity contribution in [2.24, 2.45) is 0 Å². The second-order valence-corrected chi connectivity index (χ2v) is 4.13. The van der Waals surface area contributed by atoms with E-state index in [9.17, 15) is 4.79 Å². The second-order valence-electron chi connectivity index (χ2n) is 4.13. The fourth-order valence-electron chi connectivity index (χ4n) is 2.19. The third kappa shape index (κ3) is 1.70. The van der Waals surface area contributed by atoms with Gasteiger partial charge in [0.15, 0.2) is 0 Å². The van der Waals surface area contributed by atoms with Gasteiger partial charge in [0.05, 0.1) is 37.4 Å². The van der Waals surface area contributed by atoms with Crippen LogP contribution in [0.4, 0.5) is 0 Å². The normalized spacial score (nSPS) is 16.1. The summed E-state index contributed by atoms with van der Waals surface area (Å²) in [5.74, 6) is -0.951. The molecule has 0 amide bonds. The SMILES string of the molecule is O=C(O)c1cccc2c1ncn2N1CCOCC1. The van der Waals surface area contributed by atoms with Crippen LogP contribution in [0, 0.1) is 0 Å². The molecule has 1 aromatic carbocycles. The lowest BCUT2D eigenvalue weighted by atomic mass is 10.2. The summed E-state index contributed by atoms with van der Waals surface area (Å²) in [5.41, 5.74) is 1.58. The van der Waals surface area contributed by atoms with Crippen LogP contribution >= 0.6 is 0 Å². The average molecular weight is 247 g/mol. The Morgan fingerprint density at radius 3 is 2.83 bits per heavy atom. The maximum absolute atomic E-state index is 11.1. The standard InChI is InChI=1S/C12H13N3O3/c16-12(17)9-2-1-3-10-11(9)13-8-15(10)14-4-6-18-7-5-14/h1-3,8H,4-7H2,(H,16,17). The molecular weight excluding hydrogens is 234 g/mol. The van der Waals surface area contributed by atoms with Crippen LogP contribution in [-0.4, -0.2) is 47.0 Å². The molecular formula is C12H13N3O3. The van der Waals surface area contributed by atoms with Crippen LogP contribution in [0.1, 0.15) is 10.4 Å². The van der Waals surface area contributed by atoms with E-state index in [1.807, 2.05) is 10.7 Å². The second kappa shape index (κ2) is 4.30. The van der Waals surface area contributed by atoms with Gasteiger partial charge < -0.3 is 14.9 Å². The molecule has 1 aliphatic heterocycles. The van der Waals surface area contributed by atoms with Crippen molar-refractivity contribution in [1.82, 2.24) is 9.66 Å². The van der Waals surface area contributed by atoms with Gasteiger partial charge >= 0.3 is 5.97 Å². The van der Waals surface area contributed by atoms with Gasteiger partial charge in [-0.25, -0.2) is 14.5 Å². The number of nitrogens with zero attached hydrogens (tertiary/aromatic N) is 3. The Bertz CT molecular complexity index is 587. The third-order valence-corrected chi connectivity index (χ3v) is 3.08. The number of carbonyl (C=O) groups is 1. The molecule has 2 heterocycles. The van der Waals surface area contributed by atoms with Gasteiger partial charge in [0.2, 0.25) is 0 Å². The van der Waals surface area contributed by atoms with Crippen LogP contribution in [-0.2, 0) is 4.74 Å². The first-order chi connectivity index (χ1) is 8.77. The number of fused-ring (bicyclic) bond motifs is 1. The number of hydrogen-bond donors (Lipinski definition) is 1. The highest BCUT2D eigenvalue weighted by molar-refractivity contribution is 6.00. The van der Waals surface area contributed by atoms with E-state index in [0.29, 0.717) is 18.7 Å². The minimum atomic E-state index is -0.951. The Kier molecular flexibility index (Phi) is 2.64. The summed E-state index contributed by atoms with van der Waals surface area (Å²) in [5, 5.41) is 11.2. The summed E-state index contributed by atoms with van der Waals surface area (Å²) in [6.45, 7) is 2.92. The van der Waals surface area contributed by atoms with Gasteiger partial charge in [-0.05, 0) is 12.1 Å². The number of carboxylic acids is 1. The van der Waals surface area contributed by atoms with Gasteiger partial charge in [-0.3, -0.25) is 0 Å². The van der Waals surface area contributed by atoms with Crippen LogP contribution in [0.15, 0.2) is 24.5 Å². The molecule has 0 aliphatic carbocycles. The Morgan fingerprint density at radius 1 is 1.33 bits per heavy atom. The molecule has 2 aromatic rings. The van der Waals surface area contributed by atoms with E-state index in [4.69, 9.17) is 9.84 Å². The molecule has 0 atom stereocenters. The molecule has 1 aliphatic rings. The number of rotatable bonds is 2. The number of carboxylic acid groups (broad SMARTS) is 1. The molecule has 0 unspecified atom stereocenters. The van der Waals surface area contributed by atoms with Crippen molar-refractivity contribution in [2.75, 3.05) is 31.3 Å². The molecule has 0 saturated carbocycles. The Morgan fingerprint density at radius 2 is 2.11 bits per heavy atom. The minimum Gasteiger partial charge on any atom is -0.478 e. The van der Waals surface area contributed by atoms with Crippen molar-refractivity contribution in [3.05, 3.63) is 30.1 Å². The predicted octanol–water partition coefficient (Wildman–Crippen LogP) is 0.703. The first-order valence-electron chi connectivity index (χ1n) is 5.80. The molecule has 94 valence electrons. The van der Waals surface area contributed by atoms with Gasteiger partial charge in [0.25, 0.3) is 0 Å². The monoisotopic (exact) mass is 247 g/mol. The number of morpholine rings is 1. The summed E-state index contributed by atoms with van der Waals surface area (Å²) < 4.78 is 7.21. The highest BCUT2D eigenvalue weighted by Gasteiger charge is 2.17. The van der Waals surface area contributed by atoms with E-state index in [-0.39, 0.29) is 5.56 Å². The average Bonchev–Trinajstić information content (AvgIpc) is 2.83. The van der Waals surface area contributed by atoms with Crippen LogP contribution in [0.2, 0.25) is 0 Å². The van der Waals surface area contributed by atoms with Crippen molar-refractivity contribution in [3.8, 4) is 0 Å². The van der Waals surface area contributed by atoms with Crippen molar-refractivity contribution in [3.63, 3.8) is 0 Å². The zero-order chi connectivity index (χ0) is 12.5. The Labute approximate surface area is 103 Å². The summed E-state index contributed by atoms with van der Waals surface area (Å²) in [6, 6.07) is 5.19. The fourth-order valence-corrected chi connectivity index (χ4v) is 2.19. The zero-order valence-electron chi connectivity index (χ0n) is 9.74. The van der Waals surface area contributed by atoms with E-state index in [1.165, 1.54) is 0 Å². The highest BCUT2D eigenvalue weighted by Crippen LogP contribution is 2.18. The highest BCUT2D eigenvalue weighted by atomic mass is 16.5. The number of benzene rings is 1. The third-order valence-electron chi connectivity index (χ3n) is 3.08. The van der Waals surface area contributed by atoms with Gasteiger partial charge in [-0.2, -0.15) is 0 Å². The molecule has 18 heavy (non-hydrogen) atoms. The molecule has 6 heteroatoms. The van der Waals surface area contributed by atoms with Gasteiger partial charge in [-0.1, -0.05) is 6.07 Å². The number of para-hydroxylation sites is 1. The van der Waals surface area contributed by atoms with Gasteiger partial charge in [0, 0.05) is 0 Å². The number of ether oxygens (including phenoxy) is 1. The van der Waals surface area contributed by atoms with Gasteiger partial charge in [0.1, 0.15) is 11.8 Å². The molecule has 1 aromatic heterocycles. The van der Waals surface area contributed by atoms with Crippen molar-refractivity contribution < 1.29 is 14.6 Å². The molecule has 0 spiro atoms. The maximum Gasteiger partial charge on any atom is 0.337 e. The maximum atomic E-state index is 11.1. The molecule has 1 saturated heterocycles. The largest absolute Gasteiger partial charge is 0.478 e. The lowest BCUT2D eigenvalue weighted by molar-refractivity contribution is 0.0699. The summed E-state index contributed by atoms with van der Waals surface area (Å²) in [6.07, 6.45) is 1.67. The van der Waals surface area contributed by atoms with Gasteiger partial charge in [-0.15, -0.1) is 0 Å². The summed E-state index contributed by atoms with van der Waals surface area (Å²) >= 11 is 0. The molecule has 1 fully saturated rings. The first kappa shape index (κ1) is 11.0. The predicted molar refractivity (Wildman–Crippen MR) is 65.5 cm³/mol. The van der Waals surface area contributed by atoms with E-state index in [1.54, 1.807) is 18.5 Å². The van der Waals surface area contributed by atoms with E-state index in [2.05, 4.69) is 9.99 Å². The number of imidazole rings is 1. The zero-order valence-corrected chi connectivity index (χ0v) is 9.74. The summed E-state index contributed by atoms with van der Waals surface area (Å²) in [4.78, 5) is 15.3. The topological polar surface area (TPSA) is 67.6 Å². The minimum absolute atomic E-state index is 0.236. The van der Waals surface area contributed by atoms with Crippen LogP contribution in [0.3, 0.4) is 0 Å². The fraction of sp³-hybridized carbons (Fsp3) is 0.333. The van der Waals surface area contributed by atoms with E-state index < -0.39 is 5.97 Å². The van der Waals surface area contributed by atoms with Crippen molar-refractivity contribution in [1.29, 1.82) is 0 Å².